The first-order valence-corrected chi connectivity index (χ1v) is 8.79. The quantitative estimate of drug-likeness (QED) is 0.853. The molecular formula is C16H29N5. The average molecular weight is 291 g/mol. The fraction of sp³-hybridized carbons (Fsp3) is 0.938. The van der Waals surface area contributed by atoms with Crippen LogP contribution in [-0.4, -0.2) is 38.2 Å². The molecular weight excluding hydrogens is 262 g/mol. The van der Waals surface area contributed by atoms with Gasteiger partial charge in [0.15, 0.2) is 5.82 Å². The Balaban J connectivity index is 1.83. The Hall–Kier alpha value is -0.970. The molecule has 2 aliphatic rings. The van der Waals surface area contributed by atoms with E-state index in [0.717, 1.165) is 5.82 Å². The highest BCUT2D eigenvalue weighted by molar-refractivity contribution is 4.98. The third kappa shape index (κ3) is 3.28. The second-order valence-corrected chi connectivity index (χ2v) is 7.06. The summed E-state index contributed by atoms with van der Waals surface area (Å²) in [4.78, 5) is 2.61. The van der Waals surface area contributed by atoms with E-state index in [1.807, 2.05) is 0 Å². The number of likely N-dealkylation sites (tertiary alicyclic amines) is 1. The molecule has 1 aliphatic carbocycles. The van der Waals surface area contributed by atoms with Crippen LogP contribution in [0.3, 0.4) is 0 Å². The van der Waals surface area contributed by atoms with E-state index in [4.69, 9.17) is 0 Å². The Morgan fingerprint density at radius 3 is 2.29 bits per heavy atom. The number of hydrogen-bond acceptors (Lipinski definition) is 4. The molecule has 1 saturated heterocycles. The summed E-state index contributed by atoms with van der Waals surface area (Å²) < 4.78 is 2.17. The lowest BCUT2D eigenvalue weighted by Crippen LogP contribution is -2.38. The van der Waals surface area contributed by atoms with Gasteiger partial charge in [0.05, 0.1) is 12.1 Å². The number of hydrogen-bond donors (Lipinski definition) is 0. The summed E-state index contributed by atoms with van der Waals surface area (Å²) in [6, 6.07) is 0.900. The SMILES string of the molecule is CC(C)C(c1nnnn1C1CCCCC1)N1CCCCC1. The molecule has 0 amide bonds. The lowest BCUT2D eigenvalue weighted by molar-refractivity contribution is 0.114. The van der Waals surface area contributed by atoms with Gasteiger partial charge in [-0.25, -0.2) is 4.68 Å². The number of nitrogens with zero attached hydrogens (tertiary/aromatic N) is 5. The van der Waals surface area contributed by atoms with Gasteiger partial charge in [-0.2, -0.15) is 0 Å². The van der Waals surface area contributed by atoms with Crippen LogP contribution in [0.1, 0.15) is 83.1 Å². The number of aromatic nitrogens is 4. The molecule has 5 heteroatoms. The van der Waals surface area contributed by atoms with E-state index in [0.29, 0.717) is 18.0 Å². The highest BCUT2D eigenvalue weighted by Crippen LogP contribution is 2.34. The molecule has 5 nitrogen and oxygen atoms in total. The third-order valence-electron chi connectivity index (χ3n) is 5.12. The van der Waals surface area contributed by atoms with Crippen LogP contribution < -0.4 is 0 Å². The lowest BCUT2D eigenvalue weighted by Gasteiger charge is -2.36. The fourth-order valence-corrected chi connectivity index (χ4v) is 4.06. The van der Waals surface area contributed by atoms with E-state index in [1.54, 1.807) is 0 Å². The van der Waals surface area contributed by atoms with Crippen molar-refractivity contribution >= 4 is 0 Å². The van der Waals surface area contributed by atoms with E-state index in [1.165, 1.54) is 64.5 Å². The smallest absolute Gasteiger partial charge is 0.168 e. The van der Waals surface area contributed by atoms with Crippen LogP contribution in [0.4, 0.5) is 0 Å². The minimum Gasteiger partial charge on any atom is -0.293 e. The number of rotatable bonds is 4. The van der Waals surface area contributed by atoms with Crippen molar-refractivity contribution in [1.29, 1.82) is 0 Å². The fourth-order valence-electron chi connectivity index (χ4n) is 4.06. The predicted octanol–water partition coefficient (Wildman–Crippen LogP) is 3.36. The third-order valence-corrected chi connectivity index (χ3v) is 5.12. The molecule has 118 valence electrons. The summed E-state index contributed by atoms with van der Waals surface area (Å²) in [7, 11) is 0. The molecule has 0 radical (unpaired) electrons. The summed E-state index contributed by atoms with van der Waals surface area (Å²) in [6.45, 7) is 7.00. The zero-order valence-corrected chi connectivity index (χ0v) is 13.5. The average Bonchev–Trinajstić information content (AvgIpc) is 2.98. The molecule has 0 aromatic carbocycles. The van der Waals surface area contributed by atoms with E-state index in [2.05, 4.69) is 39.0 Å². The molecule has 3 rings (SSSR count). The maximum Gasteiger partial charge on any atom is 0.168 e. The molecule has 2 heterocycles. The first-order chi connectivity index (χ1) is 10.3. The van der Waals surface area contributed by atoms with Gasteiger partial charge in [-0.05, 0) is 55.1 Å². The summed E-state index contributed by atoms with van der Waals surface area (Å²) in [5.74, 6) is 1.66. The number of piperidine rings is 1. The number of tetrazole rings is 1. The first-order valence-electron chi connectivity index (χ1n) is 8.79. The monoisotopic (exact) mass is 291 g/mol. The zero-order valence-electron chi connectivity index (χ0n) is 13.5. The van der Waals surface area contributed by atoms with Crippen molar-refractivity contribution in [3.05, 3.63) is 5.82 Å². The molecule has 1 aromatic heterocycles. The van der Waals surface area contributed by atoms with Crippen molar-refractivity contribution in [2.24, 2.45) is 5.92 Å². The minimum absolute atomic E-state index is 0.377. The van der Waals surface area contributed by atoms with Crippen LogP contribution in [0, 0.1) is 5.92 Å². The molecule has 1 aliphatic heterocycles. The van der Waals surface area contributed by atoms with Gasteiger partial charge < -0.3 is 0 Å². The maximum absolute atomic E-state index is 4.45. The van der Waals surface area contributed by atoms with E-state index >= 15 is 0 Å². The van der Waals surface area contributed by atoms with Crippen molar-refractivity contribution < 1.29 is 0 Å². The van der Waals surface area contributed by atoms with E-state index in [-0.39, 0.29) is 0 Å². The molecule has 21 heavy (non-hydrogen) atoms. The van der Waals surface area contributed by atoms with Crippen molar-refractivity contribution in [3.63, 3.8) is 0 Å². The van der Waals surface area contributed by atoms with Crippen LogP contribution in [0.2, 0.25) is 0 Å². The Morgan fingerprint density at radius 2 is 1.62 bits per heavy atom. The highest BCUT2D eigenvalue weighted by Gasteiger charge is 2.31. The largest absolute Gasteiger partial charge is 0.293 e. The van der Waals surface area contributed by atoms with Gasteiger partial charge >= 0.3 is 0 Å². The molecule has 1 aromatic rings. The normalized spacial score (nSPS) is 23.6. The van der Waals surface area contributed by atoms with Crippen molar-refractivity contribution in [2.45, 2.75) is 77.3 Å². The van der Waals surface area contributed by atoms with E-state index < -0.39 is 0 Å². The molecule has 1 unspecified atom stereocenters. The highest BCUT2D eigenvalue weighted by atomic mass is 15.6. The summed E-state index contributed by atoms with van der Waals surface area (Å²) in [5.41, 5.74) is 0. The summed E-state index contributed by atoms with van der Waals surface area (Å²) >= 11 is 0. The molecule has 0 bridgehead atoms. The predicted molar refractivity (Wildman–Crippen MR) is 82.9 cm³/mol. The molecule has 0 spiro atoms. The maximum atomic E-state index is 4.45. The van der Waals surface area contributed by atoms with Crippen LogP contribution in [0.25, 0.3) is 0 Å². The van der Waals surface area contributed by atoms with Crippen LogP contribution >= 0.6 is 0 Å². The Labute approximate surface area is 128 Å². The molecule has 1 atom stereocenters. The standard InChI is InChI=1S/C16H29N5/c1-13(2)15(20-11-7-4-8-12-20)16-17-18-19-21(16)14-9-5-3-6-10-14/h13-15H,3-12H2,1-2H3. The van der Waals surface area contributed by atoms with Crippen molar-refractivity contribution in [2.75, 3.05) is 13.1 Å². The van der Waals surface area contributed by atoms with E-state index in [9.17, 15) is 0 Å². The Bertz CT molecular complexity index is 430. The summed E-state index contributed by atoms with van der Waals surface area (Å²) in [6.07, 6.45) is 10.5. The van der Waals surface area contributed by atoms with Gasteiger partial charge in [0.1, 0.15) is 0 Å². The second kappa shape index (κ2) is 6.86. The minimum atomic E-state index is 0.377. The molecule has 2 fully saturated rings. The molecule has 1 saturated carbocycles. The van der Waals surface area contributed by atoms with Crippen LogP contribution in [0.15, 0.2) is 0 Å². The van der Waals surface area contributed by atoms with Crippen molar-refractivity contribution in [1.82, 2.24) is 25.1 Å². The summed E-state index contributed by atoms with van der Waals surface area (Å²) in [5, 5.41) is 12.8. The lowest BCUT2D eigenvalue weighted by atomic mass is 9.94. The first kappa shape index (κ1) is 14.9. The van der Waals surface area contributed by atoms with Gasteiger partial charge in [-0.3, -0.25) is 4.90 Å². The van der Waals surface area contributed by atoms with Gasteiger partial charge in [0, 0.05) is 0 Å². The van der Waals surface area contributed by atoms with Gasteiger partial charge in [0.25, 0.3) is 0 Å². The Kier molecular flexibility index (Phi) is 4.88. The van der Waals surface area contributed by atoms with Gasteiger partial charge in [-0.1, -0.05) is 39.5 Å². The second-order valence-electron chi connectivity index (χ2n) is 7.06. The Morgan fingerprint density at radius 1 is 0.952 bits per heavy atom. The zero-order chi connectivity index (χ0) is 14.7. The molecule has 0 N–H and O–H groups in total. The topological polar surface area (TPSA) is 46.8 Å². The van der Waals surface area contributed by atoms with Crippen molar-refractivity contribution in [3.8, 4) is 0 Å². The van der Waals surface area contributed by atoms with Gasteiger partial charge in [-0.15, -0.1) is 5.10 Å². The van der Waals surface area contributed by atoms with Crippen LogP contribution in [-0.2, 0) is 0 Å². The van der Waals surface area contributed by atoms with Gasteiger partial charge in [0.2, 0.25) is 0 Å². The van der Waals surface area contributed by atoms with Crippen LogP contribution in [0.5, 0.6) is 0 Å².